The molecular weight excluding hydrogens is 401 g/mol. The highest BCUT2D eigenvalue weighted by atomic mass is 35.5. The van der Waals surface area contributed by atoms with E-state index in [1.165, 1.54) is 31.4 Å². The normalized spacial score (nSPS) is 10.6. The zero-order valence-corrected chi connectivity index (χ0v) is 15.3. The quantitative estimate of drug-likeness (QED) is 0.408. The number of carbonyl (C=O) groups excluding carboxylic acids is 1. The Balaban J connectivity index is 2.02. The van der Waals surface area contributed by atoms with Gasteiger partial charge in [0, 0.05) is 5.02 Å². The number of methoxy groups -OCH3 is 1. The Morgan fingerprint density at radius 3 is 2.74 bits per heavy atom. The molecular formula is C16H13Cl2N3O6. The minimum Gasteiger partial charge on any atom is -0.504 e. The Kier molecular flexibility index (Phi) is 6.80. The average Bonchev–Trinajstić information content (AvgIpc) is 2.61. The molecule has 0 bridgehead atoms. The number of halogens is 2. The monoisotopic (exact) mass is 413 g/mol. The van der Waals surface area contributed by atoms with Gasteiger partial charge in [-0.3, -0.25) is 14.9 Å². The highest BCUT2D eigenvalue weighted by molar-refractivity contribution is 6.35. The molecule has 0 aliphatic carbocycles. The van der Waals surface area contributed by atoms with Gasteiger partial charge < -0.3 is 14.6 Å². The first-order chi connectivity index (χ1) is 12.8. The van der Waals surface area contributed by atoms with Crippen LogP contribution in [-0.2, 0) is 4.79 Å². The van der Waals surface area contributed by atoms with Crippen LogP contribution in [0.15, 0.2) is 35.4 Å². The molecule has 11 heteroatoms. The molecule has 9 nitrogen and oxygen atoms in total. The largest absolute Gasteiger partial charge is 0.504 e. The SMILES string of the molecule is COc1c(O)ccc(/C=N/NC(=O)COc2ccc(Cl)cc2Cl)c1[N+](=O)[O-]. The van der Waals surface area contributed by atoms with Crippen LogP contribution in [0.5, 0.6) is 17.2 Å². The number of hydrogen-bond donors (Lipinski definition) is 2. The van der Waals surface area contributed by atoms with Gasteiger partial charge in [0.05, 0.1) is 28.8 Å². The predicted octanol–water partition coefficient (Wildman–Crippen LogP) is 3.14. The van der Waals surface area contributed by atoms with Gasteiger partial charge in [-0.1, -0.05) is 23.2 Å². The van der Waals surface area contributed by atoms with Crippen LogP contribution in [0, 0.1) is 10.1 Å². The van der Waals surface area contributed by atoms with Crippen molar-refractivity contribution < 1.29 is 24.3 Å². The van der Waals surface area contributed by atoms with Crippen LogP contribution < -0.4 is 14.9 Å². The summed E-state index contributed by atoms with van der Waals surface area (Å²) in [6.07, 6.45) is 1.05. The maximum absolute atomic E-state index is 11.8. The van der Waals surface area contributed by atoms with Crippen LogP contribution in [-0.4, -0.2) is 35.9 Å². The van der Waals surface area contributed by atoms with Gasteiger partial charge in [0.2, 0.25) is 5.75 Å². The first-order valence-corrected chi connectivity index (χ1v) is 8.03. The first-order valence-electron chi connectivity index (χ1n) is 7.27. The Morgan fingerprint density at radius 2 is 2.11 bits per heavy atom. The van der Waals surface area contributed by atoms with Crippen LogP contribution in [0.25, 0.3) is 0 Å². The topological polar surface area (TPSA) is 123 Å². The number of nitrogens with zero attached hydrogens (tertiary/aromatic N) is 2. The van der Waals surface area contributed by atoms with E-state index < -0.39 is 22.3 Å². The molecule has 0 atom stereocenters. The molecule has 0 aliphatic heterocycles. The van der Waals surface area contributed by atoms with Crippen molar-refractivity contribution in [3.8, 4) is 17.2 Å². The summed E-state index contributed by atoms with van der Waals surface area (Å²) in [5.41, 5.74) is 1.70. The van der Waals surface area contributed by atoms with Gasteiger partial charge >= 0.3 is 5.69 Å². The van der Waals surface area contributed by atoms with E-state index in [0.29, 0.717) is 5.02 Å². The zero-order valence-electron chi connectivity index (χ0n) is 13.8. The van der Waals surface area contributed by atoms with Crippen LogP contribution in [0.1, 0.15) is 5.56 Å². The van der Waals surface area contributed by atoms with Crippen LogP contribution in [0.2, 0.25) is 10.0 Å². The van der Waals surface area contributed by atoms with E-state index in [0.717, 1.165) is 6.21 Å². The van der Waals surface area contributed by atoms with Crippen LogP contribution >= 0.6 is 23.2 Å². The fraction of sp³-hybridized carbons (Fsp3) is 0.125. The zero-order chi connectivity index (χ0) is 20.0. The Morgan fingerprint density at radius 1 is 1.37 bits per heavy atom. The number of hydrazone groups is 1. The Bertz CT molecular complexity index is 904. The molecule has 0 spiro atoms. The van der Waals surface area contributed by atoms with E-state index in [1.807, 2.05) is 0 Å². The number of aromatic hydroxyl groups is 1. The number of rotatable bonds is 7. The summed E-state index contributed by atoms with van der Waals surface area (Å²) >= 11 is 11.7. The Labute approximate surface area is 163 Å². The molecule has 2 aromatic carbocycles. The molecule has 27 heavy (non-hydrogen) atoms. The lowest BCUT2D eigenvalue weighted by atomic mass is 10.1. The van der Waals surface area contributed by atoms with Gasteiger partial charge in [-0.05, 0) is 30.3 Å². The lowest BCUT2D eigenvalue weighted by Gasteiger charge is -2.07. The summed E-state index contributed by atoms with van der Waals surface area (Å²) in [7, 11) is 1.18. The fourth-order valence-corrected chi connectivity index (χ4v) is 2.47. The summed E-state index contributed by atoms with van der Waals surface area (Å²) in [4.78, 5) is 22.2. The first kappa shape index (κ1) is 20.3. The number of phenolic OH excluding ortho intramolecular Hbond substituents is 1. The van der Waals surface area contributed by atoms with Crippen molar-refractivity contribution in [1.29, 1.82) is 0 Å². The van der Waals surface area contributed by atoms with Crippen molar-refractivity contribution in [1.82, 2.24) is 5.43 Å². The van der Waals surface area contributed by atoms with Crippen LogP contribution in [0.4, 0.5) is 5.69 Å². The summed E-state index contributed by atoms with van der Waals surface area (Å²) in [5.74, 6) is -1.06. The molecule has 0 radical (unpaired) electrons. The molecule has 1 amide bonds. The maximum atomic E-state index is 11.8. The average molecular weight is 414 g/mol. The summed E-state index contributed by atoms with van der Waals surface area (Å²) < 4.78 is 10.1. The summed E-state index contributed by atoms with van der Waals surface area (Å²) in [6, 6.07) is 6.99. The highest BCUT2D eigenvalue weighted by Crippen LogP contribution is 2.37. The molecule has 0 saturated carbocycles. The highest BCUT2D eigenvalue weighted by Gasteiger charge is 2.23. The molecule has 0 heterocycles. The predicted molar refractivity (Wildman–Crippen MR) is 99.0 cm³/mol. The van der Waals surface area contributed by atoms with Gasteiger partial charge in [-0.2, -0.15) is 5.10 Å². The van der Waals surface area contributed by atoms with Gasteiger partial charge in [0.15, 0.2) is 12.4 Å². The molecule has 2 rings (SSSR count). The number of nitro groups is 1. The number of ether oxygens (including phenoxy) is 2. The molecule has 0 aromatic heterocycles. The second-order valence-electron chi connectivity index (χ2n) is 4.97. The standard InChI is InChI=1S/C16H13Cl2N3O6/c1-26-16-12(22)4-2-9(15(16)21(24)25)7-19-20-14(23)8-27-13-5-3-10(17)6-11(13)18/h2-7,22H,8H2,1H3,(H,20,23)/b19-7+. The summed E-state index contributed by atoms with van der Waals surface area (Å²) in [5, 5.41) is 25.1. The molecule has 0 saturated heterocycles. The number of carbonyl (C=O) groups is 1. The number of phenols is 1. The van der Waals surface area contributed by atoms with Crippen molar-refractivity contribution in [3.63, 3.8) is 0 Å². The molecule has 2 aromatic rings. The third-order valence-electron chi connectivity index (χ3n) is 3.17. The van der Waals surface area contributed by atoms with E-state index in [9.17, 15) is 20.0 Å². The smallest absolute Gasteiger partial charge is 0.323 e. The van der Waals surface area contributed by atoms with Crippen molar-refractivity contribution >= 4 is 41.0 Å². The van der Waals surface area contributed by atoms with Crippen LogP contribution in [0.3, 0.4) is 0 Å². The Hall–Kier alpha value is -3.04. The van der Waals surface area contributed by atoms with E-state index in [2.05, 4.69) is 10.5 Å². The number of nitrogens with one attached hydrogen (secondary N) is 1. The van der Waals surface area contributed by atoms with E-state index in [1.54, 1.807) is 6.07 Å². The van der Waals surface area contributed by atoms with E-state index in [4.69, 9.17) is 32.7 Å². The fourth-order valence-electron chi connectivity index (χ4n) is 2.01. The molecule has 0 fully saturated rings. The van der Waals surface area contributed by atoms with Crippen molar-refractivity contribution in [3.05, 3.63) is 56.1 Å². The molecule has 142 valence electrons. The lowest BCUT2D eigenvalue weighted by molar-refractivity contribution is -0.386. The summed E-state index contributed by atoms with van der Waals surface area (Å²) in [6.45, 7) is -0.389. The molecule has 2 N–H and O–H groups in total. The van der Waals surface area contributed by atoms with Crippen molar-refractivity contribution in [2.24, 2.45) is 5.10 Å². The van der Waals surface area contributed by atoms with E-state index >= 15 is 0 Å². The lowest BCUT2D eigenvalue weighted by Crippen LogP contribution is -2.24. The molecule has 0 aliphatic rings. The maximum Gasteiger partial charge on any atom is 0.323 e. The number of benzene rings is 2. The van der Waals surface area contributed by atoms with Gasteiger partial charge in [0.25, 0.3) is 5.91 Å². The van der Waals surface area contributed by atoms with Gasteiger partial charge in [-0.15, -0.1) is 0 Å². The van der Waals surface area contributed by atoms with Gasteiger partial charge in [-0.25, -0.2) is 5.43 Å². The van der Waals surface area contributed by atoms with Gasteiger partial charge in [0.1, 0.15) is 5.75 Å². The number of amides is 1. The third kappa shape index (κ3) is 5.22. The minimum absolute atomic E-state index is 0.0246. The second kappa shape index (κ2) is 9.06. The number of hydrogen-bond acceptors (Lipinski definition) is 7. The molecule has 0 unspecified atom stereocenters. The second-order valence-corrected chi connectivity index (χ2v) is 5.81. The third-order valence-corrected chi connectivity index (χ3v) is 3.70. The van der Waals surface area contributed by atoms with Crippen molar-refractivity contribution in [2.45, 2.75) is 0 Å². The van der Waals surface area contributed by atoms with Crippen molar-refractivity contribution in [2.75, 3.05) is 13.7 Å². The minimum atomic E-state index is -0.729. The number of nitro benzene ring substituents is 1. The van der Waals surface area contributed by atoms with E-state index in [-0.39, 0.29) is 28.7 Å².